The number of aryl methyl sites for hydroxylation is 1. The van der Waals surface area contributed by atoms with Gasteiger partial charge in [0, 0.05) is 29.4 Å². The van der Waals surface area contributed by atoms with Crippen LogP contribution in [0.1, 0.15) is 44.8 Å². The van der Waals surface area contributed by atoms with Crippen molar-refractivity contribution in [3.63, 3.8) is 0 Å². The number of esters is 1. The summed E-state index contributed by atoms with van der Waals surface area (Å²) in [5, 5.41) is 9.40. The minimum absolute atomic E-state index is 0.173. The molecule has 0 unspecified atom stereocenters. The summed E-state index contributed by atoms with van der Waals surface area (Å²) in [7, 11) is -3.27. The molecular weight excluding hydrogens is 450 g/mol. The van der Waals surface area contributed by atoms with Crippen LogP contribution in [0.5, 0.6) is 0 Å². The van der Waals surface area contributed by atoms with Crippen molar-refractivity contribution in [3.05, 3.63) is 50.5 Å². The second-order valence-electron chi connectivity index (χ2n) is 7.33. The molecule has 2 rings (SSSR count). The highest BCUT2D eigenvalue weighted by atomic mass is 32.2. The smallest absolute Gasteiger partial charge is 0.349 e. The summed E-state index contributed by atoms with van der Waals surface area (Å²) in [6.45, 7) is 6.57. The number of hydrogen-bond donors (Lipinski definition) is 1. The maximum absolute atomic E-state index is 12.4. The number of hydrogen-bond acceptors (Lipinski definition) is 7. The molecule has 0 aliphatic heterocycles. The van der Waals surface area contributed by atoms with Gasteiger partial charge in [-0.05, 0) is 56.5 Å². The van der Waals surface area contributed by atoms with Gasteiger partial charge in [-0.3, -0.25) is 4.79 Å². The lowest BCUT2D eigenvalue weighted by Crippen LogP contribution is -2.24. The molecule has 0 amide bonds. The quantitative estimate of drug-likeness (QED) is 0.230. The van der Waals surface area contributed by atoms with Crippen LogP contribution in [-0.2, 0) is 32.5 Å². The monoisotopic (exact) mass is 477 g/mol. The van der Waals surface area contributed by atoms with Crippen molar-refractivity contribution in [1.29, 1.82) is 5.26 Å². The number of aromatic nitrogens is 1. The lowest BCUT2D eigenvalue weighted by Gasteiger charge is -2.07. The first-order valence-electron chi connectivity index (χ1n) is 10.1. The number of nitriles is 1. The maximum Gasteiger partial charge on any atom is 0.349 e. The average molecular weight is 478 g/mol. The predicted octanol–water partition coefficient (Wildman–Crippen LogP) is 3.00. The normalized spacial score (nSPS) is 11.9. The van der Waals surface area contributed by atoms with Gasteiger partial charge in [0.1, 0.15) is 11.6 Å². The van der Waals surface area contributed by atoms with Crippen molar-refractivity contribution >= 4 is 39.2 Å². The van der Waals surface area contributed by atoms with E-state index in [9.17, 15) is 23.3 Å². The second-order valence-corrected chi connectivity index (χ2v) is 10.3. The number of carbonyl (C=O) groups excluding carboxylic acids is 2. The molecule has 10 heteroatoms. The van der Waals surface area contributed by atoms with Gasteiger partial charge < -0.3 is 9.30 Å². The summed E-state index contributed by atoms with van der Waals surface area (Å²) < 4.78 is 31.8. The summed E-state index contributed by atoms with van der Waals surface area (Å²) in [4.78, 5) is 25.9. The van der Waals surface area contributed by atoms with Crippen molar-refractivity contribution in [2.24, 2.45) is 0 Å². The number of carbonyl (C=O) groups is 2. The molecule has 0 radical (unpaired) electrons. The van der Waals surface area contributed by atoms with Gasteiger partial charge in [0.2, 0.25) is 15.8 Å². The first-order chi connectivity index (χ1) is 15.1. The van der Waals surface area contributed by atoms with Gasteiger partial charge in [0.15, 0.2) is 6.61 Å². The largest absolute Gasteiger partial charge is 0.453 e. The highest BCUT2D eigenvalue weighted by Crippen LogP contribution is 2.20. The van der Waals surface area contributed by atoms with Crippen LogP contribution in [0.15, 0.2) is 23.8 Å². The van der Waals surface area contributed by atoms with Crippen molar-refractivity contribution in [1.82, 2.24) is 9.29 Å². The molecule has 0 fully saturated rings. The van der Waals surface area contributed by atoms with Gasteiger partial charge in [0.05, 0.1) is 11.1 Å². The highest BCUT2D eigenvalue weighted by Gasteiger charge is 2.17. The van der Waals surface area contributed by atoms with Gasteiger partial charge in [-0.2, -0.15) is 5.26 Å². The Bertz CT molecular complexity index is 1170. The minimum atomic E-state index is -3.27. The Morgan fingerprint density at radius 2 is 2.03 bits per heavy atom. The molecule has 0 aliphatic rings. The van der Waals surface area contributed by atoms with Gasteiger partial charge in [-0.15, -0.1) is 11.3 Å². The number of ketones is 1. The zero-order valence-corrected chi connectivity index (χ0v) is 20.2. The van der Waals surface area contributed by atoms with Crippen molar-refractivity contribution < 1.29 is 22.7 Å². The Balaban J connectivity index is 1.99. The number of nitrogens with one attached hydrogen (secondary N) is 1. The number of sulfonamides is 1. The molecule has 0 saturated heterocycles. The Morgan fingerprint density at radius 1 is 1.31 bits per heavy atom. The first-order valence-corrected chi connectivity index (χ1v) is 12.8. The average Bonchev–Trinajstić information content (AvgIpc) is 3.29. The minimum Gasteiger partial charge on any atom is -0.453 e. The van der Waals surface area contributed by atoms with Gasteiger partial charge in [-0.25, -0.2) is 17.9 Å². The van der Waals surface area contributed by atoms with E-state index in [0.717, 1.165) is 41.0 Å². The topological polar surface area (TPSA) is 118 Å². The van der Waals surface area contributed by atoms with Gasteiger partial charge in [0.25, 0.3) is 0 Å². The lowest BCUT2D eigenvalue weighted by atomic mass is 10.1. The van der Waals surface area contributed by atoms with Crippen LogP contribution in [0.25, 0.3) is 6.08 Å². The standard InChI is InChI=1S/C22H27N3O5S2/c1-5-10-25-15(2)11-17(16(25)3)12-18(13-23)22(27)30-14-20(26)21-7-6-19(31-21)8-9-24-32(4,28)29/h6-7,11-12,24H,5,8-10,14H2,1-4H3/b18-12+. The molecule has 32 heavy (non-hydrogen) atoms. The van der Waals surface area contributed by atoms with E-state index < -0.39 is 22.6 Å². The molecule has 8 nitrogen and oxygen atoms in total. The molecule has 0 aromatic carbocycles. The van der Waals surface area contributed by atoms with Crippen LogP contribution in [0, 0.1) is 25.2 Å². The number of Topliss-reactive ketones (excluding diaryl/α,β-unsaturated/α-hetero) is 1. The van der Waals surface area contributed by atoms with Crippen molar-refractivity contribution in [2.75, 3.05) is 19.4 Å². The number of thiophene rings is 1. The Labute approximate surface area is 192 Å². The fraction of sp³-hybridized carbons (Fsp3) is 0.409. The molecule has 172 valence electrons. The van der Waals surface area contributed by atoms with E-state index in [-0.39, 0.29) is 17.9 Å². The molecule has 0 atom stereocenters. The fourth-order valence-electron chi connectivity index (χ4n) is 3.14. The van der Waals surface area contributed by atoms with Crippen LogP contribution in [0.3, 0.4) is 0 Å². The molecule has 0 saturated carbocycles. The van der Waals surface area contributed by atoms with E-state index >= 15 is 0 Å². The summed E-state index contributed by atoms with van der Waals surface area (Å²) in [6.07, 6.45) is 3.98. The van der Waals surface area contributed by atoms with Crippen LogP contribution < -0.4 is 4.72 Å². The molecule has 0 spiro atoms. The van der Waals surface area contributed by atoms with E-state index in [2.05, 4.69) is 16.2 Å². The third-order valence-electron chi connectivity index (χ3n) is 4.71. The number of rotatable bonds is 11. The van der Waals surface area contributed by atoms with Crippen LogP contribution in [-0.4, -0.2) is 44.1 Å². The van der Waals surface area contributed by atoms with Crippen LogP contribution in [0.2, 0.25) is 0 Å². The number of ether oxygens (including phenoxy) is 1. The predicted molar refractivity (Wildman–Crippen MR) is 124 cm³/mol. The zero-order valence-electron chi connectivity index (χ0n) is 18.6. The van der Waals surface area contributed by atoms with E-state index in [4.69, 9.17) is 4.74 Å². The van der Waals surface area contributed by atoms with Crippen molar-refractivity contribution in [2.45, 2.75) is 40.2 Å². The van der Waals surface area contributed by atoms with Gasteiger partial charge in [-0.1, -0.05) is 6.92 Å². The Morgan fingerprint density at radius 3 is 2.66 bits per heavy atom. The van der Waals surface area contributed by atoms with Crippen LogP contribution >= 0.6 is 11.3 Å². The Kier molecular flexibility index (Phi) is 8.95. The molecule has 0 bridgehead atoms. The third-order valence-corrected chi connectivity index (χ3v) is 6.62. The van der Waals surface area contributed by atoms with E-state index in [0.29, 0.717) is 11.3 Å². The molecule has 2 aromatic rings. The molecule has 2 heterocycles. The van der Waals surface area contributed by atoms with E-state index in [1.165, 1.54) is 17.4 Å². The van der Waals surface area contributed by atoms with Gasteiger partial charge >= 0.3 is 5.97 Å². The highest BCUT2D eigenvalue weighted by molar-refractivity contribution is 7.88. The lowest BCUT2D eigenvalue weighted by molar-refractivity contribution is -0.137. The van der Waals surface area contributed by atoms with E-state index in [1.807, 2.05) is 26.0 Å². The SMILES string of the molecule is CCCn1c(C)cc(/C=C(\C#N)C(=O)OCC(=O)c2ccc(CCNS(C)(=O)=O)s2)c1C. The Hall–Kier alpha value is -2.74. The van der Waals surface area contributed by atoms with Crippen molar-refractivity contribution in [3.8, 4) is 6.07 Å². The zero-order chi connectivity index (χ0) is 23.9. The summed E-state index contributed by atoms with van der Waals surface area (Å²) in [5.74, 6) is -1.24. The van der Waals surface area contributed by atoms with E-state index in [1.54, 1.807) is 12.1 Å². The summed E-state index contributed by atoms with van der Waals surface area (Å²) >= 11 is 1.21. The molecule has 1 N–H and O–H groups in total. The molecule has 0 aliphatic carbocycles. The fourth-order valence-corrected chi connectivity index (χ4v) is 4.54. The summed E-state index contributed by atoms with van der Waals surface area (Å²) in [6, 6.07) is 7.11. The first kappa shape index (κ1) is 25.5. The molecular formula is C22H27N3O5S2. The van der Waals surface area contributed by atoms with Crippen LogP contribution in [0.4, 0.5) is 0 Å². The molecule has 2 aromatic heterocycles. The number of nitrogens with zero attached hydrogens (tertiary/aromatic N) is 2. The second kappa shape index (κ2) is 11.2. The maximum atomic E-state index is 12.4. The summed E-state index contributed by atoms with van der Waals surface area (Å²) in [5.41, 5.74) is 2.59. The third kappa shape index (κ3) is 7.15.